The van der Waals surface area contributed by atoms with Crippen molar-refractivity contribution in [2.75, 3.05) is 39.9 Å². The number of piperidine rings is 1. The number of hydrogen-bond acceptors (Lipinski definition) is 3. The maximum atomic E-state index is 5.02. The van der Waals surface area contributed by atoms with Crippen LogP contribution in [0.5, 0.6) is 0 Å². The molecule has 1 aliphatic heterocycles. The van der Waals surface area contributed by atoms with Gasteiger partial charge in [0.05, 0.1) is 6.61 Å². The minimum Gasteiger partial charge on any atom is -0.383 e. The third-order valence-electron chi connectivity index (χ3n) is 3.43. The van der Waals surface area contributed by atoms with Gasteiger partial charge in [0.15, 0.2) is 0 Å². The van der Waals surface area contributed by atoms with Gasteiger partial charge in [0, 0.05) is 32.8 Å². The van der Waals surface area contributed by atoms with Gasteiger partial charge in [-0.05, 0) is 25.8 Å². The Hall–Kier alpha value is -0.120. The van der Waals surface area contributed by atoms with Crippen LogP contribution in [-0.4, -0.2) is 50.8 Å². The number of nitrogens with zero attached hydrogens (tertiary/aromatic N) is 1. The second-order valence-corrected chi connectivity index (χ2v) is 4.72. The normalized spacial score (nSPS) is 22.5. The zero-order chi connectivity index (χ0) is 11.6. The fourth-order valence-corrected chi connectivity index (χ4v) is 2.54. The molecule has 0 spiro atoms. The van der Waals surface area contributed by atoms with Gasteiger partial charge in [-0.1, -0.05) is 19.8 Å². The zero-order valence-corrected chi connectivity index (χ0v) is 11.0. The zero-order valence-electron chi connectivity index (χ0n) is 11.0. The summed E-state index contributed by atoms with van der Waals surface area (Å²) in [4.78, 5) is 2.67. The molecule has 1 aliphatic rings. The van der Waals surface area contributed by atoms with Gasteiger partial charge in [-0.15, -0.1) is 0 Å². The largest absolute Gasteiger partial charge is 0.383 e. The van der Waals surface area contributed by atoms with Gasteiger partial charge in [-0.3, -0.25) is 4.90 Å². The van der Waals surface area contributed by atoms with Gasteiger partial charge < -0.3 is 10.1 Å². The van der Waals surface area contributed by atoms with Crippen LogP contribution in [0.4, 0.5) is 0 Å². The predicted octanol–water partition coefficient (Wildman–Crippen LogP) is 1.88. The van der Waals surface area contributed by atoms with E-state index >= 15 is 0 Å². The summed E-state index contributed by atoms with van der Waals surface area (Å²) in [6.45, 7) is 7.69. The van der Waals surface area contributed by atoms with Gasteiger partial charge >= 0.3 is 0 Å². The molecule has 96 valence electrons. The summed E-state index contributed by atoms with van der Waals surface area (Å²) >= 11 is 0. The Morgan fingerprint density at radius 1 is 1.31 bits per heavy atom. The molecule has 3 nitrogen and oxygen atoms in total. The number of nitrogens with one attached hydrogen (secondary N) is 1. The molecule has 1 heterocycles. The molecule has 1 rings (SSSR count). The summed E-state index contributed by atoms with van der Waals surface area (Å²) in [5.41, 5.74) is 0. The molecule has 0 saturated carbocycles. The number of likely N-dealkylation sites (tertiary alicyclic amines) is 1. The highest BCUT2D eigenvalue weighted by molar-refractivity contribution is 4.76. The molecule has 0 aromatic heterocycles. The van der Waals surface area contributed by atoms with E-state index in [9.17, 15) is 0 Å². The Balaban J connectivity index is 2.11. The van der Waals surface area contributed by atoms with Crippen LogP contribution in [0.25, 0.3) is 0 Å². The molecule has 1 N–H and O–H groups in total. The summed E-state index contributed by atoms with van der Waals surface area (Å²) in [5, 5.41) is 3.43. The predicted molar refractivity (Wildman–Crippen MR) is 68.9 cm³/mol. The highest BCUT2D eigenvalue weighted by Crippen LogP contribution is 2.19. The summed E-state index contributed by atoms with van der Waals surface area (Å²) in [7, 11) is 1.75. The van der Waals surface area contributed by atoms with Crippen LogP contribution in [-0.2, 0) is 4.74 Å². The van der Waals surface area contributed by atoms with E-state index in [4.69, 9.17) is 4.74 Å². The second kappa shape index (κ2) is 8.97. The Labute approximate surface area is 101 Å². The number of methoxy groups -OCH3 is 1. The van der Waals surface area contributed by atoms with Crippen LogP contribution in [0.3, 0.4) is 0 Å². The van der Waals surface area contributed by atoms with Gasteiger partial charge in [0.2, 0.25) is 0 Å². The molecule has 1 fully saturated rings. The molecular formula is C13H28N2O. The van der Waals surface area contributed by atoms with Crippen LogP contribution in [0.2, 0.25) is 0 Å². The Morgan fingerprint density at radius 3 is 2.94 bits per heavy atom. The van der Waals surface area contributed by atoms with E-state index in [1.165, 1.54) is 45.2 Å². The first kappa shape index (κ1) is 13.9. The molecular weight excluding hydrogens is 200 g/mol. The molecule has 0 aromatic carbocycles. The monoisotopic (exact) mass is 228 g/mol. The highest BCUT2D eigenvalue weighted by Gasteiger charge is 2.20. The van der Waals surface area contributed by atoms with Crippen molar-refractivity contribution in [3.05, 3.63) is 0 Å². The number of ether oxygens (including phenoxy) is 1. The lowest BCUT2D eigenvalue weighted by Gasteiger charge is -2.35. The summed E-state index contributed by atoms with van der Waals surface area (Å²) in [6.07, 6.45) is 6.92. The first-order valence-electron chi connectivity index (χ1n) is 6.82. The Bertz CT molecular complexity index is 162. The van der Waals surface area contributed by atoms with E-state index in [1.54, 1.807) is 7.11 Å². The maximum absolute atomic E-state index is 5.02. The second-order valence-electron chi connectivity index (χ2n) is 4.72. The number of rotatable bonds is 8. The lowest BCUT2D eigenvalue weighted by molar-refractivity contribution is 0.138. The van der Waals surface area contributed by atoms with E-state index in [0.29, 0.717) is 0 Å². The van der Waals surface area contributed by atoms with Crippen LogP contribution in [0.15, 0.2) is 0 Å². The minimum absolute atomic E-state index is 0.818. The first-order chi connectivity index (χ1) is 7.88. The van der Waals surface area contributed by atoms with E-state index in [-0.39, 0.29) is 0 Å². The highest BCUT2D eigenvalue weighted by atomic mass is 16.5. The summed E-state index contributed by atoms with van der Waals surface area (Å²) < 4.78 is 5.02. The molecule has 0 radical (unpaired) electrons. The average Bonchev–Trinajstić information content (AvgIpc) is 2.31. The van der Waals surface area contributed by atoms with E-state index < -0.39 is 0 Å². The van der Waals surface area contributed by atoms with E-state index in [1.807, 2.05) is 0 Å². The smallest absolute Gasteiger partial charge is 0.0587 e. The molecule has 1 atom stereocenters. The quantitative estimate of drug-likeness (QED) is 0.642. The molecule has 3 heteroatoms. The van der Waals surface area contributed by atoms with Crippen LogP contribution in [0.1, 0.15) is 39.0 Å². The van der Waals surface area contributed by atoms with Gasteiger partial charge in [-0.2, -0.15) is 0 Å². The van der Waals surface area contributed by atoms with Gasteiger partial charge in [-0.25, -0.2) is 0 Å². The summed E-state index contributed by atoms with van der Waals surface area (Å²) in [6, 6.07) is 0.850. The SMILES string of the molecule is CCCC1CCCCN1CCNCCOC. The third-order valence-corrected chi connectivity index (χ3v) is 3.43. The molecule has 1 unspecified atom stereocenters. The fraction of sp³-hybridized carbons (Fsp3) is 1.00. The molecule has 0 aromatic rings. The lowest BCUT2D eigenvalue weighted by Crippen LogP contribution is -2.43. The standard InChI is InChI=1S/C13H28N2O/c1-3-6-13-7-4-5-10-15(13)11-8-14-9-12-16-2/h13-14H,3-12H2,1-2H3. The van der Waals surface area contributed by atoms with Crippen LogP contribution in [0, 0.1) is 0 Å². The topological polar surface area (TPSA) is 24.5 Å². The van der Waals surface area contributed by atoms with Crippen molar-refractivity contribution in [3.63, 3.8) is 0 Å². The van der Waals surface area contributed by atoms with Crippen molar-refractivity contribution in [2.24, 2.45) is 0 Å². The Kier molecular flexibility index (Phi) is 7.81. The van der Waals surface area contributed by atoms with Crippen molar-refractivity contribution >= 4 is 0 Å². The summed E-state index contributed by atoms with van der Waals surface area (Å²) in [5.74, 6) is 0. The molecule has 16 heavy (non-hydrogen) atoms. The van der Waals surface area contributed by atoms with Crippen molar-refractivity contribution in [1.29, 1.82) is 0 Å². The van der Waals surface area contributed by atoms with Crippen molar-refractivity contribution in [3.8, 4) is 0 Å². The first-order valence-corrected chi connectivity index (χ1v) is 6.82. The molecule has 0 bridgehead atoms. The third kappa shape index (κ3) is 5.28. The fourth-order valence-electron chi connectivity index (χ4n) is 2.54. The lowest BCUT2D eigenvalue weighted by atomic mass is 9.98. The van der Waals surface area contributed by atoms with Gasteiger partial charge in [0.25, 0.3) is 0 Å². The average molecular weight is 228 g/mol. The van der Waals surface area contributed by atoms with Crippen molar-refractivity contribution in [2.45, 2.75) is 45.1 Å². The number of hydrogen-bond donors (Lipinski definition) is 1. The van der Waals surface area contributed by atoms with Crippen molar-refractivity contribution in [1.82, 2.24) is 10.2 Å². The van der Waals surface area contributed by atoms with E-state index in [2.05, 4.69) is 17.1 Å². The van der Waals surface area contributed by atoms with Crippen molar-refractivity contribution < 1.29 is 4.74 Å². The Morgan fingerprint density at radius 2 is 2.19 bits per heavy atom. The van der Waals surface area contributed by atoms with Gasteiger partial charge in [0.1, 0.15) is 0 Å². The van der Waals surface area contributed by atoms with Crippen LogP contribution < -0.4 is 5.32 Å². The molecule has 0 aliphatic carbocycles. The van der Waals surface area contributed by atoms with E-state index in [0.717, 1.165) is 25.7 Å². The molecule has 1 saturated heterocycles. The van der Waals surface area contributed by atoms with Crippen LogP contribution >= 0.6 is 0 Å². The molecule has 0 amide bonds. The minimum atomic E-state index is 0.818. The maximum Gasteiger partial charge on any atom is 0.0587 e.